The van der Waals surface area contributed by atoms with Crippen LogP contribution in [0.15, 0.2) is 5.16 Å². The van der Waals surface area contributed by atoms with Crippen LogP contribution in [-0.2, 0) is 4.79 Å². The molecule has 0 unspecified atom stereocenters. The maximum absolute atomic E-state index is 10.9. The van der Waals surface area contributed by atoms with Crippen LogP contribution in [0.2, 0.25) is 0 Å². The Morgan fingerprint density at radius 1 is 1.36 bits per heavy atom. The molecule has 5 heteroatoms. The summed E-state index contributed by atoms with van der Waals surface area (Å²) < 4.78 is 0. The lowest BCUT2D eigenvalue weighted by Crippen LogP contribution is -2.27. The molecular formula is C9H16N2O3. The molecule has 0 bridgehead atoms. The molecule has 0 heterocycles. The van der Waals surface area contributed by atoms with Crippen LogP contribution >= 0.6 is 0 Å². The lowest BCUT2D eigenvalue weighted by Gasteiger charge is -2.21. The monoisotopic (exact) mass is 200 g/mol. The summed E-state index contributed by atoms with van der Waals surface area (Å²) in [5.74, 6) is -0.325. The normalized spacial score (nSPS) is 19.4. The van der Waals surface area contributed by atoms with Gasteiger partial charge in [0, 0.05) is 5.92 Å². The third-order valence-electron chi connectivity index (χ3n) is 2.67. The Balaban J connectivity index is 2.48. The number of carbonyl (C=O) groups is 1. The van der Waals surface area contributed by atoms with Crippen LogP contribution in [0.5, 0.6) is 0 Å². The molecule has 0 aromatic rings. The van der Waals surface area contributed by atoms with Crippen LogP contribution < -0.4 is 5.48 Å². The number of hydroxylamine groups is 1. The molecule has 0 aliphatic heterocycles. The summed E-state index contributed by atoms with van der Waals surface area (Å²) in [7, 11) is 0. The number of nitrogens with one attached hydrogen (secondary N) is 1. The lowest BCUT2D eigenvalue weighted by atomic mass is 9.84. The van der Waals surface area contributed by atoms with Gasteiger partial charge in [0.2, 0.25) is 5.91 Å². The van der Waals surface area contributed by atoms with E-state index in [1.807, 2.05) is 0 Å². The molecule has 0 saturated heterocycles. The number of nitrogens with zero attached hydrogens (tertiary/aromatic N) is 1. The van der Waals surface area contributed by atoms with Gasteiger partial charge in [0.25, 0.3) is 0 Å². The first-order valence-electron chi connectivity index (χ1n) is 4.91. The molecule has 0 atom stereocenters. The zero-order valence-electron chi connectivity index (χ0n) is 8.07. The first-order chi connectivity index (χ1) is 6.77. The van der Waals surface area contributed by atoms with Crippen molar-refractivity contribution in [2.45, 2.75) is 38.5 Å². The molecule has 1 aliphatic rings. The highest BCUT2D eigenvalue weighted by atomic mass is 16.5. The number of oxime groups is 1. The van der Waals surface area contributed by atoms with Crippen LogP contribution in [0.25, 0.3) is 0 Å². The summed E-state index contributed by atoms with van der Waals surface area (Å²) in [4.78, 5) is 10.9. The molecule has 14 heavy (non-hydrogen) atoms. The van der Waals surface area contributed by atoms with Gasteiger partial charge in [-0.25, -0.2) is 5.48 Å². The zero-order valence-corrected chi connectivity index (χ0v) is 8.07. The summed E-state index contributed by atoms with van der Waals surface area (Å²) in [6.07, 6.45) is 5.37. The second kappa shape index (κ2) is 5.59. The quantitative estimate of drug-likeness (QED) is 0.278. The van der Waals surface area contributed by atoms with Crippen molar-refractivity contribution in [1.29, 1.82) is 0 Å². The fourth-order valence-corrected chi connectivity index (χ4v) is 1.90. The highest BCUT2D eigenvalue weighted by Crippen LogP contribution is 2.25. The average molecular weight is 200 g/mol. The van der Waals surface area contributed by atoms with Crippen molar-refractivity contribution in [3.63, 3.8) is 0 Å². The van der Waals surface area contributed by atoms with Gasteiger partial charge >= 0.3 is 0 Å². The Kier molecular flexibility index (Phi) is 4.39. The van der Waals surface area contributed by atoms with E-state index in [2.05, 4.69) is 5.16 Å². The van der Waals surface area contributed by atoms with E-state index < -0.39 is 5.91 Å². The van der Waals surface area contributed by atoms with Gasteiger partial charge in [-0.3, -0.25) is 10.0 Å². The fraction of sp³-hybridized carbons (Fsp3) is 0.778. The summed E-state index contributed by atoms with van der Waals surface area (Å²) >= 11 is 0. The largest absolute Gasteiger partial charge is 0.411 e. The first-order valence-corrected chi connectivity index (χ1v) is 4.91. The number of amides is 1. The Labute approximate surface area is 82.8 Å². The highest BCUT2D eigenvalue weighted by Gasteiger charge is 2.21. The second-order valence-electron chi connectivity index (χ2n) is 3.64. The number of hydrogen-bond donors (Lipinski definition) is 3. The molecule has 1 fully saturated rings. The summed E-state index contributed by atoms with van der Waals surface area (Å²) in [5, 5.41) is 20.2. The topological polar surface area (TPSA) is 81.9 Å². The van der Waals surface area contributed by atoms with E-state index in [9.17, 15) is 4.79 Å². The lowest BCUT2D eigenvalue weighted by molar-refractivity contribution is -0.128. The van der Waals surface area contributed by atoms with E-state index >= 15 is 0 Å². The van der Waals surface area contributed by atoms with Crippen molar-refractivity contribution in [2.75, 3.05) is 0 Å². The van der Waals surface area contributed by atoms with E-state index in [0.29, 0.717) is 5.71 Å². The van der Waals surface area contributed by atoms with Gasteiger partial charge in [0.1, 0.15) is 0 Å². The zero-order chi connectivity index (χ0) is 10.4. The molecular weight excluding hydrogens is 184 g/mol. The Morgan fingerprint density at radius 3 is 2.50 bits per heavy atom. The third-order valence-corrected chi connectivity index (χ3v) is 2.67. The third kappa shape index (κ3) is 2.99. The number of rotatable bonds is 3. The van der Waals surface area contributed by atoms with Crippen LogP contribution in [-0.4, -0.2) is 22.0 Å². The average Bonchev–Trinajstić information content (AvgIpc) is 2.26. The van der Waals surface area contributed by atoms with Crippen molar-refractivity contribution in [1.82, 2.24) is 5.48 Å². The summed E-state index contributed by atoms with van der Waals surface area (Å²) in [6.45, 7) is 0. The molecule has 1 saturated carbocycles. The van der Waals surface area contributed by atoms with Gasteiger partial charge < -0.3 is 5.21 Å². The minimum atomic E-state index is -0.525. The van der Waals surface area contributed by atoms with Crippen molar-refractivity contribution in [3.05, 3.63) is 0 Å². The van der Waals surface area contributed by atoms with E-state index in [-0.39, 0.29) is 12.3 Å². The summed E-state index contributed by atoms with van der Waals surface area (Å²) in [5.41, 5.74) is 2.02. The van der Waals surface area contributed by atoms with Crippen LogP contribution in [0.4, 0.5) is 0 Å². The Hall–Kier alpha value is -1.10. The smallest absolute Gasteiger partial charge is 0.249 e. The maximum Gasteiger partial charge on any atom is 0.249 e. The highest BCUT2D eigenvalue weighted by molar-refractivity contribution is 6.01. The van der Waals surface area contributed by atoms with Gasteiger partial charge in [-0.2, -0.15) is 0 Å². The van der Waals surface area contributed by atoms with E-state index in [4.69, 9.17) is 10.4 Å². The molecule has 1 aliphatic carbocycles. The van der Waals surface area contributed by atoms with E-state index in [0.717, 1.165) is 25.7 Å². The first kappa shape index (κ1) is 11.0. The van der Waals surface area contributed by atoms with Gasteiger partial charge in [-0.15, -0.1) is 0 Å². The fourth-order valence-electron chi connectivity index (χ4n) is 1.90. The molecule has 0 radical (unpaired) electrons. The molecule has 0 spiro atoms. The Morgan fingerprint density at radius 2 is 2.00 bits per heavy atom. The number of carbonyl (C=O) groups excluding carboxylic acids is 1. The maximum atomic E-state index is 10.9. The Bertz CT molecular complexity index is 222. The predicted octanol–water partition coefficient (Wildman–Crippen LogP) is 1.29. The second-order valence-corrected chi connectivity index (χ2v) is 3.64. The van der Waals surface area contributed by atoms with Gasteiger partial charge in [0.15, 0.2) is 0 Å². The van der Waals surface area contributed by atoms with Crippen LogP contribution in [0.3, 0.4) is 0 Å². The van der Waals surface area contributed by atoms with E-state index in [1.165, 1.54) is 11.9 Å². The summed E-state index contributed by atoms with van der Waals surface area (Å²) in [6, 6.07) is 0. The van der Waals surface area contributed by atoms with Crippen molar-refractivity contribution in [2.24, 2.45) is 11.1 Å². The van der Waals surface area contributed by atoms with Crippen molar-refractivity contribution < 1.29 is 15.2 Å². The van der Waals surface area contributed by atoms with Gasteiger partial charge in [-0.05, 0) is 12.8 Å². The molecule has 0 aromatic heterocycles. The molecule has 80 valence electrons. The SMILES string of the molecule is O=C(CC(=NO)C1CCCCC1)NO. The molecule has 1 rings (SSSR count). The standard InChI is InChI=1S/C9H16N2O3/c12-9(11-14)6-8(10-13)7-4-2-1-3-5-7/h7,13-14H,1-6H2,(H,11,12). The molecule has 5 nitrogen and oxygen atoms in total. The molecule has 3 N–H and O–H groups in total. The van der Waals surface area contributed by atoms with Gasteiger partial charge in [0.05, 0.1) is 12.1 Å². The van der Waals surface area contributed by atoms with E-state index in [1.54, 1.807) is 0 Å². The van der Waals surface area contributed by atoms with Crippen molar-refractivity contribution >= 4 is 11.6 Å². The molecule has 1 amide bonds. The minimum Gasteiger partial charge on any atom is -0.411 e. The minimum absolute atomic E-state index is 0.0162. The molecule has 0 aromatic carbocycles. The van der Waals surface area contributed by atoms with Crippen molar-refractivity contribution in [3.8, 4) is 0 Å². The number of hydrogen-bond acceptors (Lipinski definition) is 4. The van der Waals surface area contributed by atoms with Crippen LogP contribution in [0, 0.1) is 5.92 Å². The predicted molar refractivity (Wildman–Crippen MR) is 50.3 cm³/mol. The van der Waals surface area contributed by atoms with Gasteiger partial charge in [-0.1, -0.05) is 24.4 Å². The van der Waals surface area contributed by atoms with Crippen LogP contribution in [0.1, 0.15) is 38.5 Å².